The average molecular weight is 608 g/mol. The number of hydrogen-bond donors (Lipinski definition) is 3. The van der Waals surface area contributed by atoms with E-state index in [0.29, 0.717) is 55.1 Å². The molecule has 1 atom stereocenters. The van der Waals surface area contributed by atoms with Crippen LogP contribution in [-0.4, -0.2) is 45.3 Å². The van der Waals surface area contributed by atoms with Crippen LogP contribution in [-0.2, 0) is 17.6 Å². The Kier molecular flexibility index (Phi) is 7.85. The highest BCUT2D eigenvalue weighted by Crippen LogP contribution is 2.48. The molecule has 0 fully saturated rings. The highest BCUT2D eigenvalue weighted by molar-refractivity contribution is 7.21. The van der Waals surface area contributed by atoms with Gasteiger partial charge in [-0.15, -0.1) is 22.7 Å². The molecule has 0 saturated heterocycles. The minimum Gasteiger partial charge on any atom is -0.493 e. The lowest BCUT2D eigenvalue weighted by molar-refractivity contribution is 0.0601. The fourth-order valence-electron chi connectivity index (χ4n) is 5.28. The van der Waals surface area contributed by atoms with Crippen molar-refractivity contribution in [2.24, 2.45) is 5.92 Å². The van der Waals surface area contributed by atoms with Gasteiger partial charge in [-0.3, -0.25) is 4.79 Å². The maximum absolute atomic E-state index is 13.7. The fourth-order valence-corrected chi connectivity index (χ4v) is 7.68. The number of thiophene rings is 2. The van der Waals surface area contributed by atoms with Crippen molar-refractivity contribution in [2.75, 3.05) is 45.2 Å². The monoisotopic (exact) mass is 607 g/mol. The molecule has 1 unspecified atom stereocenters. The molecule has 0 radical (unpaired) electrons. The Hall–Kier alpha value is -4.54. The molecule has 218 valence electrons. The van der Waals surface area contributed by atoms with E-state index in [1.54, 1.807) is 12.1 Å². The van der Waals surface area contributed by atoms with Crippen LogP contribution in [0.5, 0.6) is 17.2 Å². The SMILES string of the molecule is COC(=O)c1c(NC(=O)c2sc3nc(N)c(C#N)c(-c4cc(OC)c(OC)c(OC)c4)c3c2N)sc2c1CCC(C)C2. The number of esters is 1. The van der Waals surface area contributed by atoms with E-state index in [1.807, 2.05) is 0 Å². The number of nitrogens with two attached hydrogens (primary N) is 2. The van der Waals surface area contributed by atoms with Crippen LogP contribution in [0, 0.1) is 17.2 Å². The Morgan fingerprint density at radius 1 is 1.10 bits per heavy atom. The fraction of sp³-hybridized carbons (Fsp3) is 0.310. The molecule has 5 N–H and O–H groups in total. The van der Waals surface area contributed by atoms with Crippen LogP contribution in [0.15, 0.2) is 12.1 Å². The first-order valence-corrected chi connectivity index (χ1v) is 14.6. The largest absolute Gasteiger partial charge is 0.493 e. The molecule has 42 heavy (non-hydrogen) atoms. The van der Waals surface area contributed by atoms with Gasteiger partial charge < -0.3 is 35.7 Å². The number of rotatable bonds is 7. The maximum atomic E-state index is 13.7. The summed E-state index contributed by atoms with van der Waals surface area (Å²) in [5, 5.41) is 13.8. The van der Waals surface area contributed by atoms with E-state index in [2.05, 4.69) is 23.3 Å². The van der Waals surface area contributed by atoms with Crippen LogP contribution in [0.3, 0.4) is 0 Å². The normalized spacial score (nSPS) is 14.1. The summed E-state index contributed by atoms with van der Waals surface area (Å²) in [4.78, 5) is 32.5. The zero-order chi connectivity index (χ0) is 30.3. The van der Waals surface area contributed by atoms with Crippen LogP contribution in [0.25, 0.3) is 21.3 Å². The number of nitrogens with one attached hydrogen (secondary N) is 1. The Morgan fingerprint density at radius 3 is 2.38 bits per heavy atom. The molecule has 0 aliphatic heterocycles. The Labute approximate surface area is 250 Å². The van der Waals surface area contributed by atoms with Gasteiger partial charge in [0.25, 0.3) is 5.91 Å². The predicted molar refractivity (Wildman–Crippen MR) is 163 cm³/mol. The van der Waals surface area contributed by atoms with Crippen molar-refractivity contribution in [1.29, 1.82) is 5.26 Å². The third-order valence-corrected chi connectivity index (χ3v) is 9.57. The highest BCUT2D eigenvalue weighted by Gasteiger charge is 2.31. The molecule has 5 rings (SSSR count). The molecule has 1 aliphatic rings. The first-order valence-electron chi connectivity index (χ1n) is 12.9. The van der Waals surface area contributed by atoms with Crippen LogP contribution in [0.2, 0.25) is 0 Å². The number of carbonyl (C=O) groups excluding carboxylic acids is 2. The van der Waals surface area contributed by atoms with Crippen molar-refractivity contribution in [3.63, 3.8) is 0 Å². The molecule has 4 aromatic rings. The van der Waals surface area contributed by atoms with E-state index in [9.17, 15) is 14.9 Å². The smallest absolute Gasteiger partial charge is 0.341 e. The first-order chi connectivity index (χ1) is 20.2. The molecule has 1 aliphatic carbocycles. The van der Waals surface area contributed by atoms with Crippen LogP contribution < -0.4 is 31.0 Å². The van der Waals surface area contributed by atoms with E-state index in [4.69, 9.17) is 30.4 Å². The van der Waals surface area contributed by atoms with Crippen LogP contribution in [0.1, 0.15) is 49.4 Å². The summed E-state index contributed by atoms with van der Waals surface area (Å²) in [6.45, 7) is 2.16. The van der Waals surface area contributed by atoms with E-state index in [-0.39, 0.29) is 21.9 Å². The van der Waals surface area contributed by atoms with E-state index in [0.717, 1.165) is 41.0 Å². The van der Waals surface area contributed by atoms with Gasteiger partial charge in [0, 0.05) is 15.8 Å². The highest BCUT2D eigenvalue weighted by atomic mass is 32.1. The van der Waals surface area contributed by atoms with Gasteiger partial charge in [0.1, 0.15) is 32.2 Å². The van der Waals surface area contributed by atoms with Gasteiger partial charge >= 0.3 is 5.97 Å². The van der Waals surface area contributed by atoms with Gasteiger partial charge in [0.15, 0.2) is 11.5 Å². The average Bonchev–Trinajstić information content (AvgIpc) is 3.50. The number of pyridine rings is 1. The molecule has 0 saturated carbocycles. The third kappa shape index (κ3) is 4.72. The zero-order valence-corrected chi connectivity index (χ0v) is 25.3. The summed E-state index contributed by atoms with van der Waals surface area (Å²) >= 11 is 2.42. The molecular formula is C29H29N5O6S2. The topological polar surface area (TPSA) is 172 Å². The third-order valence-electron chi connectivity index (χ3n) is 7.30. The number of carbonyl (C=O) groups is 2. The van der Waals surface area contributed by atoms with E-state index in [1.165, 1.54) is 39.8 Å². The van der Waals surface area contributed by atoms with Gasteiger partial charge in [-0.2, -0.15) is 5.26 Å². The second-order valence-corrected chi connectivity index (χ2v) is 11.9. The van der Waals surface area contributed by atoms with Gasteiger partial charge in [0.2, 0.25) is 5.75 Å². The number of anilines is 3. The Bertz CT molecular complexity index is 1760. The number of aromatic nitrogens is 1. The number of nitrogen functional groups attached to an aromatic ring is 2. The number of nitrogens with zero attached hydrogens (tertiary/aromatic N) is 2. The maximum Gasteiger partial charge on any atom is 0.341 e. The number of methoxy groups -OCH3 is 4. The van der Waals surface area contributed by atoms with Crippen molar-refractivity contribution in [1.82, 2.24) is 4.98 Å². The second-order valence-electron chi connectivity index (χ2n) is 9.80. The molecule has 1 aromatic carbocycles. The molecule has 13 heteroatoms. The van der Waals surface area contributed by atoms with Crippen molar-refractivity contribution in [3.05, 3.63) is 38.6 Å². The second kappa shape index (κ2) is 11.4. The quantitative estimate of drug-likeness (QED) is 0.236. The molecule has 3 aromatic heterocycles. The Morgan fingerprint density at radius 2 is 1.79 bits per heavy atom. The van der Waals surface area contributed by atoms with Crippen molar-refractivity contribution in [3.8, 4) is 34.4 Å². The molecule has 0 bridgehead atoms. The summed E-state index contributed by atoms with van der Waals surface area (Å²) in [5.74, 6) is 0.528. The lowest BCUT2D eigenvalue weighted by atomic mass is 9.88. The lowest BCUT2D eigenvalue weighted by Gasteiger charge is -2.18. The Balaban J connectivity index is 1.66. The summed E-state index contributed by atoms with van der Waals surface area (Å²) in [6.07, 6.45) is 2.50. The minimum absolute atomic E-state index is 0.0185. The summed E-state index contributed by atoms with van der Waals surface area (Å²) in [7, 11) is 5.77. The van der Waals surface area contributed by atoms with E-state index >= 15 is 0 Å². The van der Waals surface area contributed by atoms with Gasteiger partial charge in [-0.05, 0) is 48.4 Å². The standard InChI is InChI=1S/C29H29N5O6S2/c1-12-6-7-14-18(8-12)41-27(20(14)29(36)40-5)34-26(35)24-22(31)21-19(15(11-30)25(32)33-28(21)42-24)13-9-16(37-2)23(39-4)17(10-13)38-3/h9-10,12H,6-8,31H2,1-5H3,(H2,32,33)(H,34,35). The number of fused-ring (bicyclic) bond motifs is 2. The lowest BCUT2D eigenvalue weighted by Crippen LogP contribution is -2.16. The van der Waals surface area contributed by atoms with Crippen molar-refractivity contribution >= 4 is 61.3 Å². The number of hydrogen-bond acceptors (Lipinski definition) is 12. The number of amides is 1. The molecular weight excluding hydrogens is 578 g/mol. The minimum atomic E-state index is -0.514. The molecule has 0 spiro atoms. The predicted octanol–water partition coefficient (Wildman–Crippen LogP) is 5.25. The molecule has 3 heterocycles. The van der Waals surface area contributed by atoms with Crippen LogP contribution >= 0.6 is 22.7 Å². The van der Waals surface area contributed by atoms with Crippen molar-refractivity contribution in [2.45, 2.75) is 26.2 Å². The van der Waals surface area contributed by atoms with Crippen LogP contribution in [0.4, 0.5) is 16.5 Å². The zero-order valence-electron chi connectivity index (χ0n) is 23.7. The number of ether oxygens (including phenoxy) is 4. The molecule has 1 amide bonds. The van der Waals surface area contributed by atoms with Crippen molar-refractivity contribution < 1.29 is 28.5 Å². The van der Waals surface area contributed by atoms with Gasteiger partial charge in [0.05, 0.1) is 39.7 Å². The molecule has 11 nitrogen and oxygen atoms in total. The summed E-state index contributed by atoms with van der Waals surface area (Å²) in [6, 6.07) is 5.47. The summed E-state index contributed by atoms with van der Waals surface area (Å²) in [5.41, 5.74) is 15.2. The number of benzene rings is 1. The number of nitriles is 1. The van der Waals surface area contributed by atoms with Gasteiger partial charge in [-0.1, -0.05) is 6.92 Å². The first kappa shape index (κ1) is 29.0. The summed E-state index contributed by atoms with van der Waals surface area (Å²) < 4.78 is 21.5. The van der Waals surface area contributed by atoms with E-state index < -0.39 is 11.9 Å². The van der Waals surface area contributed by atoms with Gasteiger partial charge in [-0.25, -0.2) is 9.78 Å².